The van der Waals surface area contributed by atoms with E-state index in [0.29, 0.717) is 5.92 Å². The molecule has 7 rings (SSSR count). The second kappa shape index (κ2) is 10.4. The average Bonchev–Trinajstić information content (AvgIpc) is 3.33. The zero-order valence-electron chi connectivity index (χ0n) is 21.7. The molecule has 0 amide bonds. The number of anilines is 1. The average molecular weight is 509 g/mol. The number of para-hydroxylation sites is 2. The number of rotatable bonds is 8. The molecule has 4 aromatic rings. The minimum Gasteiger partial charge on any atom is -0.454 e. The normalized spacial score (nSPS) is 23.1. The third-order valence-corrected chi connectivity index (χ3v) is 8.11. The summed E-state index contributed by atoms with van der Waals surface area (Å²) in [7, 11) is 0. The third kappa shape index (κ3) is 5.07. The van der Waals surface area contributed by atoms with Crippen molar-refractivity contribution in [1.29, 1.82) is 0 Å². The molecule has 1 N–H and O–H groups in total. The van der Waals surface area contributed by atoms with Gasteiger partial charge in [-0.15, -0.1) is 5.10 Å². The zero-order valence-corrected chi connectivity index (χ0v) is 21.7. The number of fused-ring (bicyclic) bond motifs is 3. The van der Waals surface area contributed by atoms with Gasteiger partial charge in [-0.3, -0.25) is 0 Å². The van der Waals surface area contributed by atoms with Gasteiger partial charge in [0.15, 0.2) is 12.1 Å². The number of esters is 1. The number of hydrogen-bond donors (Lipinski definition) is 1. The van der Waals surface area contributed by atoms with Gasteiger partial charge in [-0.25, -0.2) is 4.79 Å². The smallest absolute Gasteiger partial charge is 0.333 e. The summed E-state index contributed by atoms with van der Waals surface area (Å²) in [5.74, 6) is 0.191. The van der Waals surface area contributed by atoms with Crippen molar-refractivity contribution in [2.24, 2.45) is 5.92 Å². The van der Waals surface area contributed by atoms with Crippen LogP contribution >= 0.6 is 0 Å². The van der Waals surface area contributed by atoms with Gasteiger partial charge in [0.2, 0.25) is 0 Å². The Labute approximate surface area is 223 Å². The van der Waals surface area contributed by atoms with Crippen LogP contribution in [-0.2, 0) is 16.1 Å². The summed E-state index contributed by atoms with van der Waals surface area (Å²) < 4.78 is 7.22. The lowest BCUT2D eigenvalue weighted by Crippen LogP contribution is -2.64. The van der Waals surface area contributed by atoms with E-state index in [4.69, 9.17) is 14.9 Å². The molecule has 38 heavy (non-hydrogen) atoms. The highest BCUT2D eigenvalue weighted by Gasteiger charge is 2.48. The molecule has 2 bridgehead atoms. The van der Waals surface area contributed by atoms with Crippen LogP contribution in [0.3, 0.4) is 0 Å². The van der Waals surface area contributed by atoms with Gasteiger partial charge in [-0.1, -0.05) is 66.7 Å². The van der Waals surface area contributed by atoms with E-state index in [0.717, 1.165) is 71.8 Å². The molecule has 7 nitrogen and oxygen atoms in total. The molecule has 0 spiro atoms. The summed E-state index contributed by atoms with van der Waals surface area (Å²) in [5.41, 5.74) is 4.74. The Balaban J connectivity index is 1.19. The number of carbonyl (C=O) groups is 1. The highest BCUT2D eigenvalue weighted by molar-refractivity contribution is 5.81. The molecular formula is C31H34N5O2+. The molecule has 3 fully saturated rings. The van der Waals surface area contributed by atoms with Crippen molar-refractivity contribution in [3.63, 3.8) is 0 Å². The van der Waals surface area contributed by atoms with Gasteiger partial charge in [0.25, 0.3) is 0 Å². The van der Waals surface area contributed by atoms with Crippen LogP contribution in [0.5, 0.6) is 0 Å². The molecule has 2 atom stereocenters. The number of benzene rings is 3. The number of piperidine rings is 3. The first-order valence-corrected chi connectivity index (χ1v) is 13.5. The Morgan fingerprint density at radius 3 is 2.26 bits per heavy atom. The van der Waals surface area contributed by atoms with Crippen LogP contribution in [0.15, 0.2) is 91.0 Å². The number of carbonyl (C=O) groups excluding carboxylic acids is 1. The van der Waals surface area contributed by atoms with E-state index in [1.54, 1.807) is 4.80 Å². The molecule has 0 unspecified atom stereocenters. The first-order valence-electron chi connectivity index (χ1n) is 13.5. The Hall–Kier alpha value is -3.97. The van der Waals surface area contributed by atoms with Crippen LogP contribution in [0.25, 0.3) is 5.69 Å². The van der Waals surface area contributed by atoms with Crippen molar-refractivity contribution in [1.82, 2.24) is 15.0 Å². The highest BCUT2D eigenvalue weighted by atomic mass is 16.5. The zero-order chi connectivity index (χ0) is 26.0. The lowest BCUT2D eigenvalue weighted by atomic mass is 9.83. The van der Waals surface area contributed by atoms with Crippen LogP contribution in [0.4, 0.5) is 5.69 Å². The first kappa shape index (κ1) is 24.4. The third-order valence-electron chi connectivity index (χ3n) is 8.11. The number of ether oxygens (including phenoxy) is 1. The van der Waals surface area contributed by atoms with Gasteiger partial charge < -0.3 is 14.5 Å². The van der Waals surface area contributed by atoms with Crippen LogP contribution < -0.4 is 5.32 Å². The minimum atomic E-state index is -0.560. The summed E-state index contributed by atoms with van der Waals surface area (Å²) in [6.45, 7) is 5.83. The lowest BCUT2D eigenvalue weighted by Gasteiger charge is -2.51. The predicted molar refractivity (Wildman–Crippen MR) is 147 cm³/mol. The fourth-order valence-electron chi connectivity index (χ4n) is 5.97. The van der Waals surface area contributed by atoms with E-state index in [1.165, 1.54) is 0 Å². The number of aryl methyl sites for hydroxylation is 1. The van der Waals surface area contributed by atoms with Crippen LogP contribution in [0.1, 0.15) is 35.8 Å². The van der Waals surface area contributed by atoms with Crippen LogP contribution in [0, 0.1) is 12.8 Å². The van der Waals surface area contributed by atoms with Gasteiger partial charge >= 0.3 is 5.97 Å². The van der Waals surface area contributed by atoms with E-state index in [9.17, 15) is 4.79 Å². The van der Waals surface area contributed by atoms with E-state index in [1.807, 2.05) is 97.9 Å². The predicted octanol–water partition coefficient (Wildman–Crippen LogP) is 5.08. The molecule has 4 heterocycles. The molecule has 3 aliphatic rings. The molecule has 194 valence electrons. The monoisotopic (exact) mass is 508 g/mol. The van der Waals surface area contributed by atoms with E-state index in [-0.39, 0.29) is 12.1 Å². The highest BCUT2D eigenvalue weighted by Crippen LogP contribution is 2.38. The minimum absolute atomic E-state index is 0.0988. The maximum Gasteiger partial charge on any atom is 0.333 e. The summed E-state index contributed by atoms with van der Waals surface area (Å²) in [6, 6.07) is 29.2. The SMILES string of the molecule is Cc1nn(-c2ccccc2)nc1C[N+]12CCC(CC1)[C@@H](OC(=O)[C@H](Nc1ccccc1)c1ccccc1)C2. The second-order valence-electron chi connectivity index (χ2n) is 10.7. The number of quaternary nitrogens is 1. The Bertz CT molecular complexity index is 1370. The standard InChI is InChI=1S/C31H34N5O2/c1-23-28(34-35(33-23)27-15-9-4-10-16-27)21-36-19-17-24(18-20-36)29(22-36)38-31(37)30(25-11-5-2-6-12-25)32-26-13-7-3-8-14-26/h2-16,24,29-30,32H,17-22H2,1H3/q+1/t24?,29-,30+,36?/m0/s1. The van der Waals surface area contributed by atoms with E-state index >= 15 is 0 Å². The number of nitrogens with one attached hydrogen (secondary N) is 1. The van der Waals surface area contributed by atoms with Crippen LogP contribution in [-0.4, -0.2) is 51.2 Å². The maximum absolute atomic E-state index is 13.7. The van der Waals surface area contributed by atoms with Gasteiger partial charge in [0.05, 0.1) is 24.5 Å². The molecule has 3 aromatic carbocycles. The summed E-state index contributed by atoms with van der Waals surface area (Å²) in [5, 5.41) is 13.0. The maximum atomic E-state index is 13.7. The largest absolute Gasteiger partial charge is 0.454 e. The molecule has 0 aliphatic carbocycles. The Kier molecular flexibility index (Phi) is 6.68. The lowest BCUT2D eigenvalue weighted by molar-refractivity contribution is -0.958. The summed E-state index contributed by atoms with van der Waals surface area (Å²) in [4.78, 5) is 15.4. The number of nitrogens with zero attached hydrogens (tertiary/aromatic N) is 4. The molecule has 3 aliphatic heterocycles. The molecule has 1 aromatic heterocycles. The van der Waals surface area contributed by atoms with Crippen LogP contribution in [0.2, 0.25) is 0 Å². The Morgan fingerprint density at radius 1 is 0.947 bits per heavy atom. The second-order valence-corrected chi connectivity index (χ2v) is 10.7. The fourth-order valence-corrected chi connectivity index (χ4v) is 5.97. The summed E-state index contributed by atoms with van der Waals surface area (Å²) in [6.07, 6.45) is 2.02. The Morgan fingerprint density at radius 2 is 1.58 bits per heavy atom. The molecule has 7 heteroatoms. The van der Waals surface area contributed by atoms with Gasteiger partial charge in [-0.2, -0.15) is 9.90 Å². The molecule has 0 radical (unpaired) electrons. The first-order chi connectivity index (χ1) is 18.6. The number of hydrogen-bond acceptors (Lipinski definition) is 5. The van der Waals surface area contributed by atoms with Gasteiger partial charge in [-0.05, 0) is 36.8 Å². The molecular weight excluding hydrogens is 474 g/mol. The molecule has 0 saturated carbocycles. The van der Waals surface area contributed by atoms with Crippen molar-refractivity contribution in [3.05, 3.63) is 108 Å². The van der Waals surface area contributed by atoms with Crippen molar-refractivity contribution in [2.45, 2.75) is 38.5 Å². The van der Waals surface area contributed by atoms with E-state index in [2.05, 4.69) is 5.32 Å². The quantitative estimate of drug-likeness (QED) is 0.266. The van der Waals surface area contributed by atoms with Crippen molar-refractivity contribution >= 4 is 11.7 Å². The van der Waals surface area contributed by atoms with Crippen molar-refractivity contribution in [3.8, 4) is 5.69 Å². The fraction of sp³-hybridized carbons (Fsp3) is 0.323. The number of aromatic nitrogens is 3. The summed E-state index contributed by atoms with van der Waals surface area (Å²) >= 11 is 0. The van der Waals surface area contributed by atoms with Crippen molar-refractivity contribution in [2.75, 3.05) is 25.0 Å². The van der Waals surface area contributed by atoms with E-state index < -0.39 is 6.04 Å². The van der Waals surface area contributed by atoms with Gasteiger partial charge in [0, 0.05) is 24.4 Å². The topological polar surface area (TPSA) is 69.0 Å². The molecule has 3 saturated heterocycles. The van der Waals surface area contributed by atoms with Gasteiger partial charge in [0.1, 0.15) is 18.8 Å². The van der Waals surface area contributed by atoms with Crippen molar-refractivity contribution < 1.29 is 14.0 Å².